The van der Waals surface area contributed by atoms with Crippen LogP contribution in [0.3, 0.4) is 0 Å². The zero-order valence-electron chi connectivity index (χ0n) is 11.2. The Labute approximate surface area is 110 Å². The quantitative estimate of drug-likeness (QED) is 0.837. The van der Waals surface area contributed by atoms with E-state index in [0.29, 0.717) is 19.6 Å². The van der Waals surface area contributed by atoms with Gasteiger partial charge in [0.25, 0.3) is 10.2 Å². The third-order valence-corrected chi connectivity index (χ3v) is 5.61. The van der Waals surface area contributed by atoms with Crippen molar-refractivity contribution >= 4 is 10.2 Å². The van der Waals surface area contributed by atoms with Crippen LogP contribution in [-0.4, -0.2) is 45.6 Å². The third-order valence-electron chi connectivity index (χ3n) is 4.05. The Morgan fingerprint density at radius 3 is 2.67 bits per heavy atom. The fraction of sp³-hybridized carbons (Fsp3) is 1.00. The molecule has 0 unspecified atom stereocenters. The smallest absolute Gasteiger partial charge is 0.279 e. The molecule has 18 heavy (non-hydrogen) atoms. The summed E-state index contributed by atoms with van der Waals surface area (Å²) in [7, 11) is -3.28. The number of hydrogen-bond acceptors (Lipinski definition) is 3. The maximum Gasteiger partial charge on any atom is 0.279 e. The number of hydrogen-bond donors (Lipinski definition) is 1. The molecule has 2 aliphatic rings. The molecule has 0 aromatic heterocycles. The monoisotopic (exact) mass is 276 g/mol. The molecule has 0 saturated carbocycles. The summed E-state index contributed by atoms with van der Waals surface area (Å²) < 4.78 is 34.0. The second-order valence-electron chi connectivity index (χ2n) is 5.45. The number of nitrogens with zero attached hydrogens (tertiary/aromatic N) is 1. The molecule has 6 heteroatoms. The number of ether oxygens (including phenoxy) is 1. The van der Waals surface area contributed by atoms with Gasteiger partial charge in [-0.15, -0.1) is 0 Å². The van der Waals surface area contributed by atoms with E-state index in [-0.39, 0.29) is 5.41 Å². The van der Waals surface area contributed by atoms with Crippen molar-refractivity contribution in [3.63, 3.8) is 0 Å². The summed E-state index contributed by atoms with van der Waals surface area (Å²) in [5.41, 5.74) is 0.164. The van der Waals surface area contributed by atoms with E-state index >= 15 is 0 Å². The largest absolute Gasteiger partial charge is 0.381 e. The van der Waals surface area contributed by atoms with Crippen LogP contribution in [0.25, 0.3) is 0 Å². The standard InChI is InChI=1S/C12H24N2O3S/c1-2-7-13-18(15,16)14-8-3-4-12(11-14)5-9-17-10-6-12/h13H,2-11H2,1H3. The molecule has 0 atom stereocenters. The Balaban J connectivity index is 2.01. The highest BCUT2D eigenvalue weighted by Crippen LogP contribution is 2.39. The van der Waals surface area contributed by atoms with Crippen LogP contribution in [0.2, 0.25) is 0 Å². The minimum absolute atomic E-state index is 0.164. The average Bonchev–Trinajstić information content (AvgIpc) is 2.37. The molecule has 0 aromatic rings. The number of nitrogens with one attached hydrogen (secondary N) is 1. The van der Waals surface area contributed by atoms with Gasteiger partial charge in [0.1, 0.15) is 0 Å². The van der Waals surface area contributed by atoms with Crippen LogP contribution in [0.5, 0.6) is 0 Å². The van der Waals surface area contributed by atoms with Gasteiger partial charge in [-0.2, -0.15) is 12.7 Å². The number of rotatable bonds is 4. The fourth-order valence-corrected chi connectivity index (χ4v) is 4.36. The summed E-state index contributed by atoms with van der Waals surface area (Å²) in [4.78, 5) is 0. The first-order valence-corrected chi connectivity index (χ1v) is 8.34. The maximum absolute atomic E-state index is 12.2. The Bertz CT molecular complexity index is 358. The summed E-state index contributed by atoms with van der Waals surface area (Å²) >= 11 is 0. The second-order valence-corrected chi connectivity index (χ2v) is 7.20. The van der Waals surface area contributed by atoms with Crippen LogP contribution in [0.1, 0.15) is 39.0 Å². The highest BCUT2D eigenvalue weighted by Gasteiger charge is 2.40. The Morgan fingerprint density at radius 2 is 2.00 bits per heavy atom. The first-order valence-electron chi connectivity index (χ1n) is 6.90. The summed E-state index contributed by atoms with van der Waals surface area (Å²) in [6, 6.07) is 0. The van der Waals surface area contributed by atoms with Gasteiger partial charge in [-0.3, -0.25) is 0 Å². The van der Waals surface area contributed by atoms with Crippen molar-refractivity contribution in [2.75, 3.05) is 32.8 Å². The van der Waals surface area contributed by atoms with Crippen LogP contribution in [0.15, 0.2) is 0 Å². The predicted octanol–water partition coefficient (Wildman–Crippen LogP) is 1.12. The fourth-order valence-electron chi connectivity index (χ4n) is 2.90. The number of piperidine rings is 1. The van der Waals surface area contributed by atoms with Crippen molar-refractivity contribution < 1.29 is 13.2 Å². The van der Waals surface area contributed by atoms with Crippen molar-refractivity contribution in [2.45, 2.75) is 39.0 Å². The Hall–Kier alpha value is -0.170. The Kier molecular flexibility index (Phi) is 4.64. The first kappa shape index (κ1) is 14.2. The highest BCUT2D eigenvalue weighted by atomic mass is 32.2. The Morgan fingerprint density at radius 1 is 1.28 bits per heavy atom. The predicted molar refractivity (Wildman–Crippen MR) is 70.5 cm³/mol. The molecule has 0 aliphatic carbocycles. The molecule has 2 fully saturated rings. The SMILES string of the molecule is CCCNS(=O)(=O)N1CCCC2(CCOCC2)C1. The molecule has 5 nitrogen and oxygen atoms in total. The van der Waals surface area contributed by atoms with E-state index in [2.05, 4.69) is 4.72 Å². The van der Waals surface area contributed by atoms with Crippen LogP contribution in [0.4, 0.5) is 0 Å². The van der Waals surface area contributed by atoms with E-state index < -0.39 is 10.2 Å². The molecule has 1 N–H and O–H groups in total. The molecule has 0 amide bonds. The van der Waals surface area contributed by atoms with E-state index in [1.807, 2.05) is 6.92 Å². The maximum atomic E-state index is 12.2. The van der Waals surface area contributed by atoms with Crippen LogP contribution >= 0.6 is 0 Å². The van der Waals surface area contributed by atoms with Crippen LogP contribution in [0, 0.1) is 5.41 Å². The van der Waals surface area contributed by atoms with Gasteiger partial charge >= 0.3 is 0 Å². The average molecular weight is 276 g/mol. The topological polar surface area (TPSA) is 58.6 Å². The van der Waals surface area contributed by atoms with Gasteiger partial charge in [-0.1, -0.05) is 6.92 Å². The molecule has 0 aromatic carbocycles. The van der Waals surface area contributed by atoms with Gasteiger partial charge in [0.15, 0.2) is 0 Å². The first-order chi connectivity index (χ1) is 8.58. The minimum atomic E-state index is -3.28. The molecular formula is C12H24N2O3S. The highest BCUT2D eigenvalue weighted by molar-refractivity contribution is 7.87. The lowest BCUT2D eigenvalue weighted by molar-refractivity contribution is -0.0118. The summed E-state index contributed by atoms with van der Waals surface area (Å²) in [6.45, 7) is 5.36. The zero-order valence-corrected chi connectivity index (χ0v) is 12.0. The summed E-state index contributed by atoms with van der Waals surface area (Å²) in [5, 5.41) is 0. The minimum Gasteiger partial charge on any atom is -0.381 e. The van der Waals surface area contributed by atoms with E-state index in [1.54, 1.807) is 4.31 Å². The molecule has 2 aliphatic heterocycles. The van der Waals surface area contributed by atoms with E-state index in [4.69, 9.17) is 4.74 Å². The van der Waals surface area contributed by atoms with Gasteiger partial charge in [0.2, 0.25) is 0 Å². The van der Waals surface area contributed by atoms with Crippen molar-refractivity contribution in [3.05, 3.63) is 0 Å². The zero-order chi connectivity index (χ0) is 13.1. The molecule has 2 heterocycles. The molecule has 0 radical (unpaired) electrons. The van der Waals surface area contributed by atoms with Crippen molar-refractivity contribution in [1.29, 1.82) is 0 Å². The van der Waals surface area contributed by atoms with Crippen molar-refractivity contribution in [3.8, 4) is 0 Å². The lowest BCUT2D eigenvalue weighted by atomic mass is 9.74. The van der Waals surface area contributed by atoms with E-state index in [0.717, 1.165) is 45.3 Å². The molecule has 2 saturated heterocycles. The molecule has 106 valence electrons. The van der Waals surface area contributed by atoms with Crippen LogP contribution in [-0.2, 0) is 14.9 Å². The van der Waals surface area contributed by atoms with Gasteiger partial charge in [-0.25, -0.2) is 4.72 Å². The molecule has 1 spiro atoms. The lowest BCUT2D eigenvalue weighted by Crippen LogP contribution is -2.51. The molecule has 2 rings (SSSR count). The van der Waals surface area contributed by atoms with Crippen LogP contribution < -0.4 is 4.72 Å². The van der Waals surface area contributed by atoms with Crippen molar-refractivity contribution in [1.82, 2.24) is 9.03 Å². The summed E-state index contributed by atoms with van der Waals surface area (Å²) in [6.07, 6.45) is 4.91. The third kappa shape index (κ3) is 3.23. The normalized spacial score (nSPS) is 25.4. The van der Waals surface area contributed by atoms with E-state index in [1.165, 1.54) is 0 Å². The van der Waals surface area contributed by atoms with E-state index in [9.17, 15) is 8.42 Å². The molecular weight excluding hydrogens is 252 g/mol. The van der Waals surface area contributed by atoms with Gasteiger partial charge in [0, 0.05) is 32.8 Å². The van der Waals surface area contributed by atoms with Gasteiger partial charge in [0.05, 0.1) is 0 Å². The summed E-state index contributed by atoms with van der Waals surface area (Å²) in [5.74, 6) is 0. The van der Waals surface area contributed by atoms with Crippen molar-refractivity contribution in [2.24, 2.45) is 5.41 Å². The van der Waals surface area contributed by atoms with Gasteiger partial charge in [-0.05, 0) is 37.5 Å². The lowest BCUT2D eigenvalue weighted by Gasteiger charge is -2.44. The van der Waals surface area contributed by atoms with Gasteiger partial charge < -0.3 is 4.74 Å². The second kappa shape index (κ2) is 5.86. The molecule has 0 bridgehead atoms.